The Morgan fingerprint density at radius 2 is 2.30 bits per heavy atom. The fourth-order valence-electron chi connectivity index (χ4n) is 2.34. The number of rotatable bonds is 6. The molecule has 4 nitrogen and oxygen atoms in total. The molecule has 1 amide bonds. The summed E-state index contributed by atoms with van der Waals surface area (Å²) in [5, 5.41) is 6.35. The van der Waals surface area contributed by atoms with Gasteiger partial charge in [0.15, 0.2) is 0 Å². The standard InChI is InChI=1S/C16H24N2O2/c1-3-7-17-15-9-12(2)4-5-14(15)16(19)18-10-13-6-8-20-11-13/h4-5,9,13,17H,3,6-8,10-11H2,1-2H3,(H,18,19). The number of amides is 1. The van der Waals surface area contributed by atoms with E-state index in [0.717, 1.165) is 49.4 Å². The van der Waals surface area contributed by atoms with Crippen LogP contribution < -0.4 is 10.6 Å². The molecule has 110 valence electrons. The van der Waals surface area contributed by atoms with Crippen LogP contribution >= 0.6 is 0 Å². The largest absolute Gasteiger partial charge is 0.384 e. The Morgan fingerprint density at radius 1 is 1.45 bits per heavy atom. The van der Waals surface area contributed by atoms with Crippen LogP contribution in [0.15, 0.2) is 18.2 Å². The van der Waals surface area contributed by atoms with E-state index in [1.54, 1.807) is 0 Å². The second-order valence-electron chi connectivity index (χ2n) is 5.42. The number of anilines is 1. The highest BCUT2D eigenvalue weighted by atomic mass is 16.5. The van der Waals surface area contributed by atoms with Crippen molar-refractivity contribution in [2.45, 2.75) is 26.7 Å². The van der Waals surface area contributed by atoms with Crippen LogP contribution in [0.2, 0.25) is 0 Å². The molecule has 20 heavy (non-hydrogen) atoms. The average molecular weight is 276 g/mol. The van der Waals surface area contributed by atoms with Gasteiger partial charge in [-0.3, -0.25) is 4.79 Å². The highest BCUT2D eigenvalue weighted by Crippen LogP contribution is 2.18. The number of nitrogens with one attached hydrogen (secondary N) is 2. The van der Waals surface area contributed by atoms with Gasteiger partial charge in [0.2, 0.25) is 0 Å². The molecule has 4 heteroatoms. The fourth-order valence-corrected chi connectivity index (χ4v) is 2.34. The van der Waals surface area contributed by atoms with Gasteiger partial charge in [0.25, 0.3) is 5.91 Å². The zero-order valence-electron chi connectivity index (χ0n) is 12.4. The summed E-state index contributed by atoms with van der Waals surface area (Å²) in [6.07, 6.45) is 2.07. The van der Waals surface area contributed by atoms with Gasteiger partial charge in [0.1, 0.15) is 0 Å². The van der Waals surface area contributed by atoms with Gasteiger partial charge in [-0.05, 0) is 37.5 Å². The second kappa shape index (κ2) is 7.29. The van der Waals surface area contributed by atoms with Crippen molar-refractivity contribution in [3.8, 4) is 0 Å². The number of hydrogen-bond acceptors (Lipinski definition) is 3. The predicted molar refractivity (Wildman–Crippen MR) is 81.2 cm³/mol. The maximum absolute atomic E-state index is 12.3. The van der Waals surface area contributed by atoms with E-state index >= 15 is 0 Å². The second-order valence-corrected chi connectivity index (χ2v) is 5.42. The Hall–Kier alpha value is -1.55. The fraction of sp³-hybridized carbons (Fsp3) is 0.562. The number of carbonyl (C=O) groups excluding carboxylic acids is 1. The summed E-state index contributed by atoms with van der Waals surface area (Å²) < 4.78 is 5.32. The van der Waals surface area contributed by atoms with Crippen LogP contribution in [0.4, 0.5) is 5.69 Å². The molecule has 1 unspecified atom stereocenters. The summed E-state index contributed by atoms with van der Waals surface area (Å²) in [6, 6.07) is 5.90. The van der Waals surface area contributed by atoms with E-state index in [1.165, 1.54) is 0 Å². The van der Waals surface area contributed by atoms with Gasteiger partial charge in [-0.2, -0.15) is 0 Å². The van der Waals surface area contributed by atoms with E-state index in [9.17, 15) is 4.79 Å². The first kappa shape index (κ1) is 14.9. The lowest BCUT2D eigenvalue weighted by molar-refractivity contribution is 0.0946. The summed E-state index contributed by atoms with van der Waals surface area (Å²) in [6.45, 7) is 7.29. The van der Waals surface area contributed by atoms with Gasteiger partial charge in [-0.1, -0.05) is 13.0 Å². The Kier molecular flexibility index (Phi) is 5.41. The number of ether oxygens (including phenoxy) is 1. The maximum atomic E-state index is 12.3. The molecule has 0 spiro atoms. The van der Waals surface area contributed by atoms with Gasteiger partial charge in [-0.25, -0.2) is 0 Å². The Labute approximate surface area is 120 Å². The summed E-state index contributed by atoms with van der Waals surface area (Å²) in [5.41, 5.74) is 2.80. The van der Waals surface area contributed by atoms with Gasteiger partial charge in [-0.15, -0.1) is 0 Å². The summed E-state index contributed by atoms with van der Waals surface area (Å²) >= 11 is 0. The Morgan fingerprint density at radius 3 is 3.00 bits per heavy atom. The van der Waals surface area contributed by atoms with Crippen molar-refractivity contribution in [1.82, 2.24) is 5.32 Å². The molecule has 1 aromatic rings. The van der Waals surface area contributed by atoms with Crippen molar-refractivity contribution in [1.29, 1.82) is 0 Å². The molecule has 1 aliphatic rings. The zero-order chi connectivity index (χ0) is 14.4. The first-order valence-corrected chi connectivity index (χ1v) is 7.41. The maximum Gasteiger partial charge on any atom is 0.253 e. The highest BCUT2D eigenvalue weighted by molar-refractivity contribution is 5.99. The monoisotopic (exact) mass is 276 g/mol. The van der Waals surface area contributed by atoms with Gasteiger partial charge >= 0.3 is 0 Å². The summed E-state index contributed by atoms with van der Waals surface area (Å²) in [4.78, 5) is 12.3. The van der Waals surface area contributed by atoms with Crippen LogP contribution in [-0.4, -0.2) is 32.2 Å². The molecule has 1 heterocycles. The molecule has 0 saturated carbocycles. The lowest BCUT2D eigenvalue weighted by atomic mass is 10.1. The lowest BCUT2D eigenvalue weighted by Gasteiger charge is -2.14. The first-order valence-electron chi connectivity index (χ1n) is 7.41. The summed E-state index contributed by atoms with van der Waals surface area (Å²) in [5.74, 6) is 0.451. The molecule has 0 bridgehead atoms. The van der Waals surface area contributed by atoms with Gasteiger partial charge < -0.3 is 15.4 Å². The third-order valence-corrected chi connectivity index (χ3v) is 3.56. The molecule has 1 atom stereocenters. The molecule has 0 aliphatic carbocycles. The molecule has 1 aromatic carbocycles. The predicted octanol–water partition coefficient (Wildman–Crippen LogP) is 2.58. The molecule has 2 N–H and O–H groups in total. The van der Waals surface area contributed by atoms with Crippen molar-refractivity contribution in [3.05, 3.63) is 29.3 Å². The van der Waals surface area contributed by atoms with Crippen LogP contribution in [0.25, 0.3) is 0 Å². The van der Waals surface area contributed by atoms with Crippen LogP contribution in [-0.2, 0) is 4.74 Å². The average Bonchev–Trinajstić information content (AvgIpc) is 2.96. The first-order chi connectivity index (χ1) is 9.70. The van der Waals surface area contributed by atoms with Crippen LogP contribution in [0.5, 0.6) is 0 Å². The normalized spacial score (nSPS) is 18.0. The van der Waals surface area contributed by atoms with Gasteiger partial charge in [0, 0.05) is 31.3 Å². The van der Waals surface area contributed by atoms with Crippen molar-refractivity contribution in [3.63, 3.8) is 0 Å². The molecule has 0 aromatic heterocycles. The SMILES string of the molecule is CCCNc1cc(C)ccc1C(=O)NCC1CCOC1. The van der Waals surface area contributed by atoms with Crippen LogP contribution in [0.1, 0.15) is 35.7 Å². The number of carbonyl (C=O) groups is 1. The number of hydrogen-bond donors (Lipinski definition) is 2. The topological polar surface area (TPSA) is 50.4 Å². The van der Waals surface area contributed by atoms with Gasteiger partial charge in [0.05, 0.1) is 12.2 Å². The molecule has 1 aliphatic heterocycles. The van der Waals surface area contributed by atoms with E-state index in [4.69, 9.17) is 4.74 Å². The van der Waals surface area contributed by atoms with E-state index in [1.807, 2.05) is 25.1 Å². The quantitative estimate of drug-likeness (QED) is 0.839. The van der Waals surface area contributed by atoms with E-state index in [0.29, 0.717) is 12.5 Å². The smallest absolute Gasteiger partial charge is 0.253 e. The van der Waals surface area contributed by atoms with Crippen molar-refractivity contribution < 1.29 is 9.53 Å². The number of aryl methyl sites for hydroxylation is 1. The van der Waals surface area contributed by atoms with E-state index < -0.39 is 0 Å². The molecular weight excluding hydrogens is 252 g/mol. The minimum atomic E-state index is -0.00416. The van der Waals surface area contributed by atoms with Crippen molar-refractivity contribution >= 4 is 11.6 Å². The highest BCUT2D eigenvalue weighted by Gasteiger charge is 2.18. The van der Waals surface area contributed by atoms with Crippen LogP contribution in [0.3, 0.4) is 0 Å². The Balaban J connectivity index is 1.99. The number of benzene rings is 1. The van der Waals surface area contributed by atoms with Crippen molar-refractivity contribution in [2.24, 2.45) is 5.92 Å². The third kappa shape index (κ3) is 3.97. The zero-order valence-corrected chi connectivity index (χ0v) is 12.4. The lowest BCUT2D eigenvalue weighted by Crippen LogP contribution is -2.30. The Bertz CT molecular complexity index is 454. The minimum Gasteiger partial charge on any atom is -0.384 e. The van der Waals surface area contributed by atoms with Crippen LogP contribution in [0, 0.1) is 12.8 Å². The molecular formula is C16H24N2O2. The van der Waals surface area contributed by atoms with Crippen molar-refractivity contribution in [2.75, 3.05) is 31.6 Å². The third-order valence-electron chi connectivity index (χ3n) is 3.56. The molecule has 2 rings (SSSR count). The van der Waals surface area contributed by atoms with E-state index in [-0.39, 0.29) is 5.91 Å². The summed E-state index contributed by atoms with van der Waals surface area (Å²) in [7, 11) is 0. The van der Waals surface area contributed by atoms with E-state index in [2.05, 4.69) is 17.6 Å². The molecule has 1 saturated heterocycles. The minimum absolute atomic E-state index is 0.00416. The molecule has 1 fully saturated rings. The molecule has 0 radical (unpaired) electrons.